The smallest absolute Gasteiger partial charge is 0.0500 e. The first-order chi connectivity index (χ1) is 7.92. The van der Waals surface area contributed by atoms with Crippen LogP contribution in [-0.4, -0.2) is 26.8 Å². The average molecular weight is 219 g/mol. The molecular formula is C14H21NO. The number of rotatable bonds is 4. The summed E-state index contributed by atoms with van der Waals surface area (Å²) in [5.74, 6) is 1.26. The highest BCUT2D eigenvalue weighted by molar-refractivity contribution is 5.21. The zero-order valence-corrected chi connectivity index (χ0v) is 9.99. The molecule has 0 saturated carbocycles. The number of benzene rings is 1. The Labute approximate surface area is 98.0 Å². The van der Waals surface area contributed by atoms with Gasteiger partial charge in [-0.15, -0.1) is 0 Å². The molecule has 88 valence electrons. The predicted octanol–water partition coefficient (Wildman–Crippen LogP) is 2.42. The van der Waals surface area contributed by atoms with Crippen molar-refractivity contribution in [1.29, 1.82) is 0 Å². The van der Waals surface area contributed by atoms with Crippen molar-refractivity contribution < 1.29 is 4.74 Å². The van der Waals surface area contributed by atoms with Crippen molar-refractivity contribution in [3.63, 3.8) is 0 Å². The van der Waals surface area contributed by atoms with Gasteiger partial charge in [0.2, 0.25) is 0 Å². The third kappa shape index (κ3) is 2.83. The van der Waals surface area contributed by atoms with Gasteiger partial charge in [0.25, 0.3) is 0 Å². The van der Waals surface area contributed by atoms with Crippen LogP contribution in [-0.2, 0) is 4.74 Å². The molecule has 1 N–H and O–H groups in total. The van der Waals surface area contributed by atoms with Crippen LogP contribution in [0.1, 0.15) is 24.3 Å². The van der Waals surface area contributed by atoms with E-state index in [4.69, 9.17) is 4.74 Å². The Kier molecular flexibility index (Phi) is 4.37. The van der Waals surface area contributed by atoms with Crippen LogP contribution in [0.4, 0.5) is 0 Å². The first-order valence-electron chi connectivity index (χ1n) is 6.19. The molecule has 0 bridgehead atoms. The van der Waals surface area contributed by atoms with Gasteiger partial charge in [0, 0.05) is 19.1 Å². The van der Waals surface area contributed by atoms with Crippen LogP contribution in [0.5, 0.6) is 0 Å². The highest BCUT2D eigenvalue weighted by Gasteiger charge is 2.24. The minimum atomic E-state index is 0.589. The van der Waals surface area contributed by atoms with E-state index in [-0.39, 0.29) is 0 Å². The minimum Gasteiger partial charge on any atom is -0.381 e. The molecule has 2 rings (SSSR count). The second-order valence-electron chi connectivity index (χ2n) is 4.55. The molecular weight excluding hydrogens is 198 g/mol. The van der Waals surface area contributed by atoms with Crippen molar-refractivity contribution in [1.82, 2.24) is 5.32 Å². The van der Waals surface area contributed by atoms with Crippen LogP contribution in [0, 0.1) is 5.92 Å². The maximum Gasteiger partial charge on any atom is 0.0500 e. The summed E-state index contributed by atoms with van der Waals surface area (Å²) in [5.41, 5.74) is 1.44. The lowest BCUT2D eigenvalue weighted by molar-refractivity contribution is 0.0442. The number of likely N-dealkylation sites (N-methyl/N-ethyl adjacent to an activating group) is 1. The van der Waals surface area contributed by atoms with Crippen LogP contribution in [0.3, 0.4) is 0 Å². The van der Waals surface area contributed by atoms with E-state index in [1.807, 2.05) is 7.05 Å². The summed E-state index contributed by atoms with van der Waals surface area (Å²) in [7, 11) is 2.03. The van der Waals surface area contributed by atoms with E-state index >= 15 is 0 Å². The fourth-order valence-electron chi connectivity index (χ4n) is 2.56. The molecule has 1 heterocycles. The molecule has 2 heteroatoms. The maximum atomic E-state index is 5.60. The predicted molar refractivity (Wildman–Crippen MR) is 66.7 cm³/mol. The van der Waals surface area contributed by atoms with Gasteiger partial charge >= 0.3 is 0 Å². The molecule has 1 aliphatic heterocycles. The largest absolute Gasteiger partial charge is 0.381 e. The van der Waals surface area contributed by atoms with Gasteiger partial charge in [-0.1, -0.05) is 30.3 Å². The zero-order valence-electron chi connectivity index (χ0n) is 9.99. The minimum absolute atomic E-state index is 0.589. The molecule has 1 aromatic rings. The summed E-state index contributed by atoms with van der Waals surface area (Å²) in [6, 6.07) is 10.8. The first kappa shape index (κ1) is 11.6. The highest BCUT2D eigenvalue weighted by atomic mass is 16.5. The molecule has 16 heavy (non-hydrogen) atoms. The lowest BCUT2D eigenvalue weighted by Crippen LogP contribution is -2.30. The van der Waals surface area contributed by atoms with Crippen LogP contribution in [0.15, 0.2) is 30.3 Å². The van der Waals surface area contributed by atoms with Gasteiger partial charge in [-0.05, 0) is 31.4 Å². The fourth-order valence-corrected chi connectivity index (χ4v) is 2.56. The van der Waals surface area contributed by atoms with Gasteiger partial charge in [0.15, 0.2) is 0 Å². The van der Waals surface area contributed by atoms with E-state index in [0.717, 1.165) is 19.8 Å². The van der Waals surface area contributed by atoms with Crippen molar-refractivity contribution >= 4 is 0 Å². The van der Waals surface area contributed by atoms with Crippen LogP contribution < -0.4 is 5.32 Å². The molecule has 1 fully saturated rings. The average Bonchev–Trinajstić information content (AvgIpc) is 2.38. The lowest BCUT2D eigenvalue weighted by atomic mass is 9.82. The Morgan fingerprint density at radius 1 is 1.38 bits per heavy atom. The lowest BCUT2D eigenvalue weighted by Gasteiger charge is -2.30. The quantitative estimate of drug-likeness (QED) is 0.839. The van der Waals surface area contributed by atoms with Gasteiger partial charge in [-0.2, -0.15) is 0 Å². The second kappa shape index (κ2) is 6.02. The number of ether oxygens (including phenoxy) is 1. The second-order valence-corrected chi connectivity index (χ2v) is 4.55. The van der Waals surface area contributed by atoms with E-state index < -0.39 is 0 Å². The third-order valence-electron chi connectivity index (χ3n) is 3.42. The van der Waals surface area contributed by atoms with Crippen molar-refractivity contribution in [3.05, 3.63) is 35.9 Å². The Balaban J connectivity index is 2.09. The maximum absolute atomic E-state index is 5.60. The molecule has 0 spiro atoms. The van der Waals surface area contributed by atoms with Gasteiger partial charge in [-0.25, -0.2) is 0 Å². The number of hydrogen-bond donors (Lipinski definition) is 1. The summed E-state index contributed by atoms with van der Waals surface area (Å²) >= 11 is 0. The SMILES string of the molecule is CNCC(c1ccccc1)C1CCCOC1. The molecule has 0 aromatic heterocycles. The zero-order chi connectivity index (χ0) is 11.2. The van der Waals surface area contributed by atoms with Crippen LogP contribution >= 0.6 is 0 Å². The highest BCUT2D eigenvalue weighted by Crippen LogP contribution is 2.30. The van der Waals surface area contributed by atoms with Crippen LogP contribution in [0.25, 0.3) is 0 Å². The summed E-state index contributed by atoms with van der Waals surface area (Å²) in [6.45, 7) is 2.90. The van der Waals surface area contributed by atoms with Crippen molar-refractivity contribution in [2.75, 3.05) is 26.8 Å². The summed E-state index contributed by atoms with van der Waals surface area (Å²) in [6.07, 6.45) is 2.50. The van der Waals surface area contributed by atoms with Crippen LogP contribution in [0.2, 0.25) is 0 Å². The first-order valence-corrected chi connectivity index (χ1v) is 6.19. The van der Waals surface area contributed by atoms with Crippen molar-refractivity contribution in [2.45, 2.75) is 18.8 Å². The molecule has 1 aromatic carbocycles. The fraction of sp³-hybridized carbons (Fsp3) is 0.571. The molecule has 2 unspecified atom stereocenters. The van der Waals surface area contributed by atoms with E-state index in [9.17, 15) is 0 Å². The van der Waals surface area contributed by atoms with E-state index in [1.165, 1.54) is 18.4 Å². The summed E-state index contributed by atoms with van der Waals surface area (Å²) < 4.78 is 5.60. The van der Waals surface area contributed by atoms with E-state index in [1.54, 1.807) is 0 Å². The normalized spacial score (nSPS) is 22.9. The summed E-state index contributed by atoms with van der Waals surface area (Å²) in [5, 5.41) is 3.31. The third-order valence-corrected chi connectivity index (χ3v) is 3.42. The monoisotopic (exact) mass is 219 g/mol. The van der Waals surface area contributed by atoms with Crippen molar-refractivity contribution in [3.8, 4) is 0 Å². The molecule has 0 radical (unpaired) electrons. The van der Waals surface area contributed by atoms with Gasteiger partial charge in [-0.3, -0.25) is 0 Å². The molecule has 1 aliphatic rings. The standard InChI is InChI=1S/C14H21NO/c1-15-10-14(12-6-3-2-4-7-12)13-8-5-9-16-11-13/h2-4,6-7,13-15H,5,8-11H2,1H3. The molecule has 2 atom stereocenters. The molecule has 1 saturated heterocycles. The van der Waals surface area contributed by atoms with Gasteiger partial charge in [0.1, 0.15) is 0 Å². The van der Waals surface area contributed by atoms with Gasteiger partial charge in [0.05, 0.1) is 6.61 Å². The van der Waals surface area contributed by atoms with Gasteiger partial charge < -0.3 is 10.1 Å². The number of hydrogen-bond acceptors (Lipinski definition) is 2. The topological polar surface area (TPSA) is 21.3 Å². The Bertz CT molecular complexity index is 293. The summed E-state index contributed by atoms with van der Waals surface area (Å²) in [4.78, 5) is 0. The van der Waals surface area contributed by atoms with E-state index in [0.29, 0.717) is 11.8 Å². The Hall–Kier alpha value is -0.860. The molecule has 2 nitrogen and oxygen atoms in total. The number of nitrogens with one attached hydrogen (secondary N) is 1. The Morgan fingerprint density at radius 3 is 2.81 bits per heavy atom. The van der Waals surface area contributed by atoms with E-state index in [2.05, 4.69) is 35.6 Å². The molecule has 0 amide bonds. The Morgan fingerprint density at radius 2 is 2.19 bits per heavy atom. The van der Waals surface area contributed by atoms with Crippen molar-refractivity contribution in [2.24, 2.45) is 5.92 Å². The molecule has 0 aliphatic carbocycles.